The summed E-state index contributed by atoms with van der Waals surface area (Å²) in [5, 5.41) is 0. The maximum absolute atomic E-state index is 13.1. The fraction of sp³-hybridized carbons (Fsp3) is 0.567. The molecule has 11 heteroatoms. The Bertz CT molecular complexity index is 1570. The van der Waals surface area contributed by atoms with E-state index in [1.54, 1.807) is 6.07 Å². The molecule has 2 atom stereocenters. The van der Waals surface area contributed by atoms with Crippen molar-refractivity contribution >= 4 is 29.2 Å². The molecule has 0 spiro atoms. The zero-order valence-electron chi connectivity index (χ0n) is 23.8. The Labute approximate surface area is 240 Å². The Morgan fingerprint density at radius 1 is 0.976 bits per heavy atom. The average Bonchev–Trinajstić information content (AvgIpc) is 3.69. The number of fused-ring (bicyclic) bond motifs is 6. The first-order valence-electron chi connectivity index (χ1n) is 14.6. The number of rotatable bonds is 9. The zero-order chi connectivity index (χ0) is 29.2. The predicted octanol–water partition coefficient (Wildman–Crippen LogP) is 8.27. The standard InChI is InChI=1S/C30H37F3N2O4SSi/c1-41(2,3)15-14-38-18-35-25-17-20(10-12-24(25)34-29(35)19-6-4-5-7-19)23-11-13-26(39-40(36,37)30(31,32)33)28-22-9-8-21(16-22)27(23)28/h10-13,17,19,21-22H,4-9,14-16,18H2,1-3H3. The van der Waals surface area contributed by atoms with Crippen molar-refractivity contribution in [3.05, 3.63) is 47.3 Å². The lowest BCUT2D eigenvalue weighted by molar-refractivity contribution is -0.0500. The van der Waals surface area contributed by atoms with E-state index in [1.807, 2.05) is 12.1 Å². The summed E-state index contributed by atoms with van der Waals surface area (Å²) in [5.41, 5.74) is -0.208. The molecule has 3 aliphatic carbocycles. The van der Waals surface area contributed by atoms with E-state index in [2.05, 4.69) is 30.3 Å². The molecule has 6 nitrogen and oxygen atoms in total. The van der Waals surface area contributed by atoms with Crippen LogP contribution in [-0.2, 0) is 21.6 Å². The molecule has 0 aliphatic heterocycles. The highest BCUT2D eigenvalue weighted by atomic mass is 32.2. The van der Waals surface area contributed by atoms with E-state index in [0.717, 1.165) is 71.7 Å². The highest BCUT2D eigenvalue weighted by Crippen LogP contribution is 2.59. The first-order valence-corrected chi connectivity index (χ1v) is 19.7. The maximum atomic E-state index is 13.1. The van der Waals surface area contributed by atoms with Gasteiger partial charge in [0, 0.05) is 26.2 Å². The fourth-order valence-electron chi connectivity index (χ4n) is 6.95. The average molecular weight is 607 g/mol. The largest absolute Gasteiger partial charge is 0.534 e. The van der Waals surface area contributed by atoms with Crippen molar-refractivity contribution in [1.82, 2.24) is 9.55 Å². The normalized spacial score (nSPS) is 21.2. The van der Waals surface area contributed by atoms with Gasteiger partial charge in [-0.2, -0.15) is 21.6 Å². The van der Waals surface area contributed by atoms with E-state index in [9.17, 15) is 21.6 Å². The molecule has 1 aromatic heterocycles. The van der Waals surface area contributed by atoms with E-state index in [1.165, 1.54) is 18.9 Å². The lowest BCUT2D eigenvalue weighted by Crippen LogP contribution is -2.28. The Morgan fingerprint density at radius 3 is 2.37 bits per heavy atom. The van der Waals surface area contributed by atoms with Crippen molar-refractivity contribution in [3.63, 3.8) is 0 Å². The van der Waals surface area contributed by atoms with Crippen LogP contribution >= 0.6 is 0 Å². The lowest BCUT2D eigenvalue weighted by Gasteiger charge is -2.22. The van der Waals surface area contributed by atoms with Crippen LogP contribution in [0, 0.1) is 0 Å². The molecule has 1 heterocycles. The third-order valence-corrected chi connectivity index (χ3v) is 11.7. The Morgan fingerprint density at radius 2 is 1.68 bits per heavy atom. The highest BCUT2D eigenvalue weighted by Gasteiger charge is 2.50. The van der Waals surface area contributed by atoms with Crippen LogP contribution in [0.1, 0.15) is 79.7 Å². The molecule has 0 saturated heterocycles. The summed E-state index contributed by atoms with van der Waals surface area (Å²) in [6.45, 7) is 8.14. The number of aromatic nitrogens is 2. The molecule has 3 aromatic rings. The molecule has 2 unspecified atom stereocenters. The third kappa shape index (κ3) is 5.45. The molecule has 0 amide bonds. The van der Waals surface area contributed by atoms with Gasteiger partial charge in [-0.1, -0.05) is 44.6 Å². The van der Waals surface area contributed by atoms with Gasteiger partial charge in [0.05, 0.1) is 11.0 Å². The van der Waals surface area contributed by atoms with Crippen LogP contribution in [0.4, 0.5) is 13.2 Å². The van der Waals surface area contributed by atoms with Gasteiger partial charge in [-0.15, -0.1) is 0 Å². The van der Waals surface area contributed by atoms with Gasteiger partial charge in [0.1, 0.15) is 18.3 Å². The molecule has 2 bridgehead atoms. The van der Waals surface area contributed by atoms with Gasteiger partial charge >= 0.3 is 15.6 Å². The number of halogens is 3. The number of alkyl halides is 3. The quantitative estimate of drug-likeness (QED) is 0.106. The van der Waals surface area contributed by atoms with Crippen LogP contribution in [0.2, 0.25) is 25.7 Å². The number of imidazole rings is 1. The van der Waals surface area contributed by atoms with Crippen molar-refractivity contribution in [2.24, 2.45) is 0 Å². The SMILES string of the molecule is C[Si](C)(C)CCOCn1c(C2CCCC2)nc2ccc(-c3ccc(OS(=O)(=O)C(F)(F)F)c4c3C3CCC4C3)cc21. The Kier molecular flexibility index (Phi) is 7.30. The summed E-state index contributed by atoms with van der Waals surface area (Å²) in [6, 6.07) is 10.3. The summed E-state index contributed by atoms with van der Waals surface area (Å²) in [5.74, 6) is 1.43. The van der Waals surface area contributed by atoms with Crippen LogP contribution in [0.5, 0.6) is 5.75 Å². The first-order chi connectivity index (χ1) is 19.3. The lowest BCUT2D eigenvalue weighted by atomic mass is 9.85. The van der Waals surface area contributed by atoms with E-state index >= 15 is 0 Å². The molecule has 0 radical (unpaired) electrons. The summed E-state index contributed by atoms with van der Waals surface area (Å²) in [4.78, 5) is 5.04. The number of ether oxygens (including phenoxy) is 1. The summed E-state index contributed by atoms with van der Waals surface area (Å²) >= 11 is 0. The molecule has 2 fully saturated rings. The van der Waals surface area contributed by atoms with Crippen LogP contribution in [0.3, 0.4) is 0 Å². The van der Waals surface area contributed by atoms with Crippen LogP contribution in [0.25, 0.3) is 22.2 Å². The molecule has 6 rings (SSSR count). The van der Waals surface area contributed by atoms with Crippen LogP contribution < -0.4 is 4.18 Å². The molecule has 41 heavy (non-hydrogen) atoms. The number of hydrogen-bond acceptors (Lipinski definition) is 5. The first kappa shape index (κ1) is 28.7. The second-order valence-corrected chi connectivity index (χ2v) is 20.2. The van der Waals surface area contributed by atoms with Crippen molar-refractivity contribution in [2.45, 2.75) is 101 Å². The van der Waals surface area contributed by atoms with Gasteiger partial charge in [-0.05, 0) is 84.9 Å². The number of nitrogens with zero attached hydrogens (tertiary/aromatic N) is 2. The molecule has 3 aliphatic rings. The minimum Gasteiger partial charge on any atom is -0.376 e. The van der Waals surface area contributed by atoms with Gasteiger partial charge in [-0.3, -0.25) is 0 Å². The van der Waals surface area contributed by atoms with Gasteiger partial charge in [0.25, 0.3) is 0 Å². The monoisotopic (exact) mass is 606 g/mol. The van der Waals surface area contributed by atoms with Crippen molar-refractivity contribution < 1.29 is 30.5 Å². The summed E-state index contributed by atoms with van der Waals surface area (Å²) in [7, 11) is -6.98. The zero-order valence-corrected chi connectivity index (χ0v) is 25.6. The van der Waals surface area contributed by atoms with Gasteiger partial charge in [0.15, 0.2) is 0 Å². The minimum absolute atomic E-state index is 0.00335. The van der Waals surface area contributed by atoms with Gasteiger partial charge < -0.3 is 13.5 Å². The number of benzene rings is 2. The highest BCUT2D eigenvalue weighted by molar-refractivity contribution is 7.88. The predicted molar refractivity (Wildman–Crippen MR) is 155 cm³/mol. The summed E-state index contributed by atoms with van der Waals surface area (Å²) in [6.07, 6.45) is 7.16. The molecule has 222 valence electrons. The summed E-state index contributed by atoms with van der Waals surface area (Å²) < 4.78 is 76.3. The van der Waals surface area contributed by atoms with Gasteiger partial charge in [-0.25, -0.2) is 4.98 Å². The van der Waals surface area contributed by atoms with Crippen LogP contribution in [0.15, 0.2) is 30.3 Å². The maximum Gasteiger partial charge on any atom is 0.534 e. The van der Waals surface area contributed by atoms with Crippen LogP contribution in [-0.4, -0.2) is 38.2 Å². The van der Waals surface area contributed by atoms with E-state index in [4.69, 9.17) is 13.9 Å². The second-order valence-electron chi connectivity index (χ2n) is 13.1. The minimum atomic E-state index is -5.75. The third-order valence-electron chi connectivity index (χ3n) is 9.01. The molecule has 0 N–H and O–H groups in total. The Balaban J connectivity index is 1.40. The van der Waals surface area contributed by atoms with E-state index in [0.29, 0.717) is 24.8 Å². The number of hydrogen-bond donors (Lipinski definition) is 0. The van der Waals surface area contributed by atoms with Gasteiger partial charge in [0.2, 0.25) is 0 Å². The molecular weight excluding hydrogens is 569 g/mol. The van der Waals surface area contributed by atoms with E-state index in [-0.39, 0.29) is 17.6 Å². The van der Waals surface area contributed by atoms with Crippen molar-refractivity contribution in [1.29, 1.82) is 0 Å². The molecule has 2 saturated carbocycles. The smallest absolute Gasteiger partial charge is 0.376 e. The van der Waals surface area contributed by atoms with Crippen molar-refractivity contribution in [2.75, 3.05) is 6.61 Å². The second kappa shape index (κ2) is 10.4. The topological polar surface area (TPSA) is 70.4 Å². The van der Waals surface area contributed by atoms with Crippen molar-refractivity contribution in [3.8, 4) is 16.9 Å². The van der Waals surface area contributed by atoms with E-state index < -0.39 is 23.7 Å². The molecule has 2 aromatic carbocycles. The molecular formula is C30H37F3N2O4SSi. The fourth-order valence-corrected chi connectivity index (χ4v) is 8.18. The Hall–Kier alpha value is -2.37.